The summed E-state index contributed by atoms with van der Waals surface area (Å²) >= 11 is 0. The fourth-order valence-corrected chi connectivity index (χ4v) is 1.04. The molecule has 0 aliphatic carbocycles. The van der Waals surface area contributed by atoms with E-state index in [9.17, 15) is 9.59 Å². The van der Waals surface area contributed by atoms with Crippen molar-refractivity contribution in [1.82, 2.24) is 5.32 Å². The molecule has 0 aliphatic rings. The van der Waals surface area contributed by atoms with Crippen molar-refractivity contribution >= 4 is 11.8 Å². The average molecular weight is 186 g/mol. The quantitative estimate of drug-likeness (QED) is 0.652. The zero-order chi connectivity index (χ0) is 10.4. The summed E-state index contributed by atoms with van der Waals surface area (Å²) in [5.74, 6) is -0.544. The Labute approximate surface area is 78.9 Å². The van der Waals surface area contributed by atoms with Crippen LogP contribution in [0.15, 0.2) is 0 Å². The standard InChI is InChI=1S/C9H18N2O2/c1-4-5-7(12)11-8(6(2)3)9(10)13/h6,8H,4-5H2,1-3H3,(H2,10,13)(H,11,12)/t8-/m0/s1. The monoisotopic (exact) mass is 186 g/mol. The molecule has 0 spiro atoms. The Morgan fingerprint density at radius 1 is 1.38 bits per heavy atom. The van der Waals surface area contributed by atoms with Gasteiger partial charge in [-0.05, 0) is 12.3 Å². The summed E-state index contributed by atoms with van der Waals surface area (Å²) < 4.78 is 0. The summed E-state index contributed by atoms with van der Waals surface area (Å²) in [4.78, 5) is 22.0. The topological polar surface area (TPSA) is 72.2 Å². The van der Waals surface area contributed by atoms with E-state index in [-0.39, 0.29) is 11.8 Å². The predicted molar refractivity (Wildman–Crippen MR) is 50.9 cm³/mol. The first-order valence-corrected chi connectivity index (χ1v) is 4.57. The van der Waals surface area contributed by atoms with Crippen LogP contribution in [-0.2, 0) is 9.59 Å². The summed E-state index contributed by atoms with van der Waals surface area (Å²) in [7, 11) is 0. The second-order valence-corrected chi connectivity index (χ2v) is 3.44. The van der Waals surface area contributed by atoms with Gasteiger partial charge in [0.25, 0.3) is 0 Å². The van der Waals surface area contributed by atoms with Crippen LogP contribution in [-0.4, -0.2) is 17.9 Å². The van der Waals surface area contributed by atoms with Crippen molar-refractivity contribution < 1.29 is 9.59 Å². The highest BCUT2D eigenvalue weighted by Gasteiger charge is 2.20. The van der Waals surface area contributed by atoms with Gasteiger partial charge in [-0.25, -0.2) is 0 Å². The summed E-state index contributed by atoms with van der Waals surface area (Å²) in [6.45, 7) is 5.61. The predicted octanol–water partition coefficient (Wildman–Crippen LogP) is 0.413. The number of nitrogens with two attached hydrogens (primary N) is 1. The maximum atomic E-state index is 11.1. The largest absolute Gasteiger partial charge is 0.368 e. The van der Waals surface area contributed by atoms with Crippen molar-refractivity contribution in [1.29, 1.82) is 0 Å². The highest BCUT2D eigenvalue weighted by atomic mass is 16.2. The minimum Gasteiger partial charge on any atom is -0.368 e. The van der Waals surface area contributed by atoms with Gasteiger partial charge in [0.05, 0.1) is 0 Å². The number of amides is 2. The second kappa shape index (κ2) is 5.56. The van der Waals surface area contributed by atoms with Crippen LogP contribution in [0.5, 0.6) is 0 Å². The maximum absolute atomic E-state index is 11.1. The number of rotatable bonds is 5. The van der Waals surface area contributed by atoms with Crippen LogP contribution in [0.4, 0.5) is 0 Å². The van der Waals surface area contributed by atoms with Crippen molar-refractivity contribution in [2.24, 2.45) is 11.7 Å². The van der Waals surface area contributed by atoms with E-state index in [0.717, 1.165) is 6.42 Å². The van der Waals surface area contributed by atoms with E-state index >= 15 is 0 Å². The third-order valence-corrected chi connectivity index (χ3v) is 1.77. The van der Waals surface area contributed by atoms with Gasteiger partial charge in [-0.15, -0.1) is 0 Å². The van der Waals surface area contributed by atoms with Gasteiger partial charge in [0, 0.05) is 6.42 Å². The average Bonchev–Trinajstić information content (AvgIpc) is 1.99. The van der Waals surface area contributed by atoms with Crippen LogP contribution in [0.2, 0.25) is 0 Å². The van der Waals surface area contributed by atoms with Gasteiger partial charge in [0.1, 0.15) is 6.04 Å². The van der Waals surface area contributed by atoms with Crippen LogP contribution in [0.1, 0.15) is 33.6 Å². The highest BCUT2D eigenvalue weighted by Crippen LogP contribution is 2.01. The molecule has 4 heteroatoms. The second-order valence-electron chi connectivity index (χ2n) is 3.44. The molecule has 13 heavy (non-hydrogen) atoms. The van der Waals surface area contributed by atoms with Gasteiger partial charge in [0.2, 0.25) is 11.8 Å². The van der Waals surface area contributed by atoms with Crippen LogP contribution in [0.3, 0.4) is 0 Å². The third kappa shape index (κ3) is 4.50. The SMILES string of the molecule is CCCC(=O)N[C@H](C(N)=O)C(C)C. The minimum absolute atomic E-state index is 0.0401. The lowest BCUT2D eigenvalue weighted by Crippen LogP contribution is -2.47. The third-order valence-electron chi connectivity index (χ3n) is 1.77. The molecule has 2 amide bonds. The zero-order valence-corrected chi connectivity index (χ0v) is 8.46. The first kappa shape index (κ1) is 11.9. The van der Waals surface area contributed by atoms with Crippen LogP contribution >= 0.6 is 0 Å². The van der Waals surface area contributed by atoms with E-state index in [1.807, 2.05) is 20.8 Å². The van der Waals surface area contributed by atoms with Gasteiger partial charge in [-0.3, -0.25) is 9.59 Å². The summed E-state index contributed by atoms with van der Waals surface area (Å²) in [5.41, 5.74) is 5.13. The number of hydrogen-bond acceptors (Lipinski definition) is 2. The van der Waals surface area contributed by atoms with E-state index in [4.69, 9.17) is 5.73 Å². The van der Waals surface area contributed by atoms with Crippen LogP contribution in [0, 0.1) is 5.92 Å². The van der Waals surface area contributed by atoms with Crippen LogP contribution < -0.4 is 11.1 Å². The van der Waals surface area contributed by atoms with Gasteiger partial charge < -0.3 is 11.1 Å². The molecule has 3 N–H and O–H groups in total. The Kier molecular flexibility index (Phi) is 5.11. The van der Waals surface area contributed by atoms with Gasteiger partial charge >= 0.3 is 0 Å². The molecule has 0 radical (unpaired) electrons. The number of hydrogen-bond donors (Lipinski definition) is 2. The molecule has 1 atom stereocenters. The highest BCUT2D eigenvalue weighted by molar-refractivity contribution is 5.86. The molecule has 0 saturated carbocycles. The lowest BCUT2D eigenvalue weighted by atomic mass is 10.0. The molecule has 0 unspecified atom stereocenters. The molecule has 76 valence electrons. The van der Waals surface area contributed by atoms with Gasteiger partial charge in [0.15, 0.2) is 0 Å². The Bertz CT molecular complexity index is 190. The lowest BCUT2D eigenvalue weighted by molar-refractivity contribution is -0.128. The van der Waals surface area contributed by atoms with Crippen molar-refractivity contribution in [2.45, 2.75) is 39.7 Å². The van der Waals surface area contributed by atoms with Gasteiger partial charge in [-0.2, -0.15) is 0 Å². The number of nitrogens with one attached hydrogen (secondary N) is 1. The smallest absolute Gasteiger partial charge is 0.240 e. The molecule has 0 aromatic rings. The van der Waals surface area contributed by atoms with Crippen molar-refractivity contribution in [2.75, 3.05) is 0 Å². The molecule has 0 heterocycles. The fraction of sp³-hybridized carbons (Fsp3) is 0.778. The molecule has 0 aliphatic heterocycles. The van der Waals surface area contributed by atoms with Crippen molar-refractivity contribution in [3.8, 4) is 0 Å². The molecule has 0 saturated heterocycles. The Morgan fingerprint density at radius 2 is 1.92 bits per heavy atom. The molecular weight excluding hydrogens is 168 g/mol. The molecule has 0 aromatic heterocycles. The Morgan fingerprint density at radius 3 is 2.23 bits per heavy atom. The van der Waals surface area contributed by atoms with E-state index in [2.05, 4.69) is 5.32 Å². The lowest BCUT2D eigenvalue weighted by Gasteiger charge is -2.18. The maximum Gasteiger partial charge on any atom is 0.240 e. The fourth-order valence-electron chi connectivity index (χ4n) is 1.04. The van der Waals surface area contributed by atoms with Gasteiger partial charge in [-0.1, -0.05) is 20.8 Å². The molecule has 0 rings (SSSR count). The van der Waals surface area contributed by atoms with E-state index < -0.39 is 11.9 Å². The van der Waals surface area contributed by atoms with E-state index in [1.165, 1.54) is 0 Å². The zero-order valence-electron chi connectivity index (χ0n) is 8.46. The Balaban J connectivity index is 4.10. The van der Waals surface area contributed by atoms with E-state index in [1.54, 1.807) is 0 Å². The molecule has 0 bridgehead atoms. The van der Waals surface area contributed by atoms with E-state index in [0.29, 0.717) is 6.42 Å². The summed E-state index contributed by atoms with van der Waals surface area (Å²) in [5, 5.41) is 2.60. The molecule has 0 fully saturated rings. The van der Waals surface area contributed by atoms with Crippen molar-refractivity contribution in [3.05, 3.63) is 0 Å². The summed E-state index contributed by atoms with van der Waals surface area (Å²) in [6, 6.07) is -0.543. The number of carbonyl (C=O) groups is 2. The first-order valence-electron chi connectivity index (χ1n) is 4.57. The summed E-state index contributed by atoms with van der Waals surface area (Å²) in [6.07, 6.45) is 1.21. The first-order chi connectivity index (χ1) is 5.99. The Hall–Kier alpha value is -1.06. The minimum atomic E-state index is -0.543. The number of primary amides is 1. The molecular formula is C9H18N2O2. The molecule has 4 nitrogen and oxygen atoms in total. The molecule has 0 aromatic carbocycles. The normalized spacial score (nSPS) is 12.6. The van der Waals surface area contributed by atoms with Crippen molar-refractivity contribution in [3.63, 3.8) is 0 Å². The van der Waals surface area contributed by atoms with Crippen LogP contribution in [0.25, 0.3) is 0 Å². The number of carbonyl (C=O) groups excluding carboxylic acids is 2.